The number of anilines is 1. The average Bonchev–Trinajstić information content (AvgIpc) is 3.41. The summed E-state index contributed by atoms with van der Waals surface area (Å²) in [5.41, 5.74) is 6.73. The van der Waals surface area contributed by atoms with Crippen molar-refractivity contribution >= 4 is 29.5 Å². The Morgan fingerprint density at radius 2 is 1.92 bits per heavy atom. The molecule has 0 unspecified atom stereocenters. The summed E-state index contributed by atoms with van der Waals surface area (Å²) >= 11 is 5.66. The number of amides is 1. The normalized spacial score (nSPS) is 15.2. The van der Waals surface area contributed by atoms with Crippen molar-refractivity contribution in [3.05, 3.63) is 58.3 Å². The van der Waals surface area contributed by atoms with E-state index < -0.39 is 5.91 Å². The molecule has 0 saturated carbocycles. The SMILES string of the molecule is COc1ccc(/C=N\NC(=O)c2nonc2NCCCl)cc1CN1CCc2cc(OC)c(OC)cc2[C@@H]1C. The number of hydrogen-bond donors (Lipinski definition) is 2. The Morgan fingerprint density at radius 1 is 1.16 bits per heavy atom. The maximum atomic E-state index is 12.4. The van der Waals surface area contributed by atoms with E-state index in [9.17, 15) is 4.79 Å². The Balaban J connectivity index is 1.47. The summed E-state index contributed by atoms with van der Waals surface area (Å²) < 4.78 is 21.3. The van der Waals surface area contributed by atoms with Gasteiger partial charge >= 0.3 is 0 Å². The summed E-state index contributed by atoms with van der Waals surface area (Å²) in [6.07, 6.45) is 2.46. The number of rotatable bonds is 11. The first-order valence-corrected chi connectivity index (χ1v) is 12.6. The average molecular weight is 543 g/mol. The summed E-state index contributed by atoms with van der Waals surface area (Å²) in [7, 11) is 4.95. The molecule has 1 aromatic heterocycles. The van der Waals surface area contributed by atoms with Gasteiger partial charge in [-0.15, -0.1) is 11.6 Å². The molecular formula is C26H31ClN6O5. The minimum Gasteiger partial charge on any atom is -0.496 e. The minimum atomic E-state index is -0.554. The molecule has 2 N–H and O–H groups in total. The lowest BCUT2D eigenvalue weighted by atomic mass is 9.92. The van der Waals surface area contributed by atoms with Gasteiger partial charge in [0.25, 0.3) is 5.91 Å². The Kier molecular flexibility index (Phi) is 9.03. The molecule has 0 saturated heterocycles. The molecule has 0 aliphatic carbocycles. The Bertz CT molecular complexity index is 1300. The maximum absolute atomic E-state index is 12.4. The number of carbonyl (C=O) groups excluding carboxylic acids is 1. The molecule has 38 heavy (non-hydrogen) atoms. The summed E-state index contributed by atoms with van der Waals surface area (Å²) in [5.74, 6) is 2.24. The van der Waals surface area contributed by atoms with Crippen molar-refractivity contribution < 1.29 is 23.6 Å². The number of hydrazone groups is 1. The molecule has 1 aliphatic heterocycles. The minimum absolute atomic E-state index is 0.00342. The van der Waals surface area contributed by atoms with Crippen LogP contribution in [0.1, 0.15) is 45.7 Å². The summed E-state index contributed by atoms with van der Waals surface area (Å²) in [4.78, 5) is 14.8. The number of ether oxygens (including phenoxy) is 3. The third-order valence-electron chi connectivity index (χ3n) is 6.46. The van der Waals surface area contributed by atoms with Gasteiger partial charge in [0.2, 0.25) is 11.5 Å². The van der Waals surface area contributed by atoms with Crippen molar-refractivity contribution in [1.29, 1.82) is 0 Å². The smallest absolute Gasteiger partial charge is 0.297 e. The number of nitrogens with zero attached hydrogens (tertiary/aromatic N) is 4. The van der Waals surface area contributed by atoms with Crippen LogP contribution >= 0.6 is 11.6 Å². The van der Waals surface area contributed by atoms with Gasteiger partial charge in [0.15, 0.2) is 11.5 Å². The highest BCUT2D eigenvalue weighted by Gasteiger charge is 2.27. The monoisotopic (exact) mass is 542 g/mol. The van der Waals surface area contributed by atoms with Crippen molar-refractivity contribution in [2.45, 2.75) is 25.9 Å². The molecule has 0 fully saturated rings. The molecule has 2 aromatic carbocycles. The third-order valence-corrected chi connectivity index (χ3v) is 6.65. The number of nitrogens with one attached hydrogen (secondary N) is 2. The molecule has 0 spiro atoms. The van der Waals surface area contributed by atoms with Crippen LogP contribution in [0.25, 0.3) is 0 Å². The zero-order chi connectivity index (χ0) is 27.1. The molecule has 4 rings (SSSR count). The number of hydrogen-bond acceptors (Lipinski definition) is 10. The van der Waals surface area contributed by atoms with Crippen molar-refractivity contribution in [3.8, 4) is 17.2 Å². The van der Waals surface area contributed by atoms with Crippen LogP contribution < -0.4 is 25.0 Å². The van der Waals surface area contributed by atoms with Crippen LogP contribution in [0.5, 0.6) is 17.2 Å². The van der Waals surface area contributed by atoms with Gasteiger partial charge < -0.3 is 19.5 Å². The zero-order valence-electron chi connectivity index (χ0n) is 21.8. The number of methoxy groups -OCH3 is 3. The number of aromatic nitrogens is 2. The van der Waals surface area contributed by atoms with Gasteiger partial charge in [0.1, 0.15) is 5.75 Å². The zero-order valence-corrected chi connectivity index (χ0v) is 22.5. The number of alkyl halides is 1. The highest BCUT2D eigenvalue weighted by molar-refractivity contribution is 6.18. The Hall–Kier alpha value is -3.83. The van der Waals surface area contributed by atoms with E-state index >= 15 is 0 Å². The van der Waals surface area contributed by atoms with E-state index in [4.69, 9.17) is 25.8 Å². The van der Waals surface area contributed by atoms with E-state index in [0.29, 0.717) is 19.0 Å². The van der Waals surface area contributed by atoms with E-state index in [0.717, 1.165) is 41.3 Å². The highest BCUT2D eigenvalue weighted by atomic mass is 35.5. The Morgan fingerprint density at radius 3 is 2.66 bits per heavy atom. The summed E-state index contributed by atoms with van der Waals surface area (Å²) in [6, 6.07) is 10.1. The fraction of sp³-hybridized carbons (Fsp3) is 0.385. The van der Waals surface area contributed by atoms with Crippen molar-refractivity contribution in [2.75, 3.05) is 45.6 Å². The van der Waals surface area contributed by atoms with E-state index in [-0.39, 0.29) is 17.6 Å². The standard InChI is InChI=1S/C26H31ClN6O5/c1-16-20-13-23(37-4)22(36-3)12-18(20)7-10-33(16)15-19-11-17(5-6-21(19)35-2)14-29-30-26(34)24-25(28-9-8-27)32-38-31-24/h5-6,11-14,16H,7-10,15H2,1-4H3,(H,28,32)(H,30,34)/b29-14-/t16-/m0/s1. The molecule has 1 amide bonds. The Labute approximate surface area is 226 Å². The van der Waals surface area contributed by atoms with Crippen LogP contribution in [-0.4, -0.2) is 67.6 Å². The lowest BCUT2D eigenvalue weighted by Crippen LogP contribution is -2.33. The van der Waals surface area contributed by atoms with Crippen LogP contribution in [0.4, 0.5) is 5.82 Å². The number of benzene rings is 2. The van der Waals surface area contributed by atoms with Gasteiger partial charge in [-0.2, -0.15) is 5.10 Å². The number of carbonyl (C=O) groups is 1. The molecule has 0 bridgehead atoms. The van der Waals surface area contributed by atoms with Crippen LogP contribution in [0, 0.1) is 0 Å². The highest BCUT2D eigenvalue weighted by Crippen LogP contribution is 2.39. The molecule has 11 nitrogen and oxygen atoms in total. The molecule has 12 heteroatoms. The predicted molar refractivity (Wildman–Crippen MR) is 144 cm³/mol. The molecule has 1 aliphatic rings. The fourth-order valence-electron chi connectivity index (χ4n) is 4.47. The van der Waals surface area contributed by atoms with Crippen molar-refractivity contribution in [2.24, 2.45) is 5.10 Å². The fourth-order valence-corrected chi connectivity index (χ4v) is 4.57. The quantitative estimate of drug-likeness (QED) is 0.212. The van der Waals surface area contributed by atoms with Crippen LogP contribution in [0.15, 0.2) is 40.1 Å². The van der Waals surface area contributed by atoms with E-state index in [1.54, 1.807) is 27.5 Å². The van der Waals surface area contributed by atoms with Gasteiger partial charge in [0.05, 0.1) is 27.5 Å². The van der Waals surface area contributed by atoms with Gasteiger partial charge in [-0.05, 0) is 70.7 Å². The lowest BCUT2D eigenvalue weighted by Gasteiger charge is -2.36. The lowest BCUT2D eigenvalue weighted by molar-refractivity contribution is 0.0946. The van der Waals surface area contributed by atoms with Gasteiger partial charge in [-0.3, -0.25) is 9.69 Å². The van der Waals surface area contributed by atoms with Crippen LogP contribution in [0.3, 0.4) is 0 Å². The number of fused-ring (bicyclic) bond motifs is 1. The molecular weight excluding hydrogens is 512 g/mol. The topological polar surface area (TPSA) is 123 Å². The molecule has 2 heterocycles. The van der Waals surface area contributed by atoms with Crippen molar-refractivity contribution in [1.82, 2.24) is 20.6 Å². The van der Waals surface area contributed by atoms with Crippen LogP contribution in [0.2, 0.25) is 0 Å². The van der Waals surface area contributed by atoms with E-state index in [1.807, 2.05) is 18.2 Å². The van der Waals surface area contributed by atoms with E-state index in [1.165, 1.54) is 11.1 Å². The first-order valence-electron chi connectivity index (χ1n) is 12.1. The van der Waals surface area contributed by atoms with E-state index in [2.05, 4.69) is 54.7 Å². The molecule has 3 aromatic rings. The second-order valence-electron chi connectivity index (χ2n) is 8.65. The number of halogens is 1. The first kappa shape index (κ1) is 27.2. The summed E-state index contributed by atoms with van der Waals surface area (Å²) in [6.45, 7) is 4.16. The van der Waals surface area contributed by atoms with Crippen molar-refractivity contribution in [3.63, 3.8) is 0 Å². The van der Waals surface area contributed by atoms with Gasteiger partial charge in [0, 0.05) is 37.1 Å². The first-order chi connectivity index (χ1) is 18.5. The largest absolute Gasteiger partial charge is 0.496 e. The molecule has 0 radical (unpaired) electrons. The van der Waals surface area contributed by atoms with Gasteiger partial charge in [-0.25, -0.2) is 10.1 Å². The second-order valence-corrected chi connectivity index (χ2v) is 9.03. The third kappa shape index (κ3) is 6.00. The molecule has 1 atom stereocenters. The molecule has 202 valence electrons. The van der Waals surface area contributed by atoms with Gasteiger partial charge in [-0.1, -0.05) is 0 Å². The predicted octanol–water partition coefficient (Wildman–Crippen LogP) is 3.63. The maximum Gasteiger partial charge on any atom is 0.297 e. The van der Waals surface area contributed by atoms with Crippen LogP contribution in [-0.2, 0) is 13.0 Å². The summed E-state index contributed by atoms with van der Waals surface area (Å²) in [5, 5.41) is 14.2. The second kappa shape index (κ2) is 12.6.